The second-order valence-corrected chi connectivity index (χ2v) is 8.30. The van der Waals surface area contributed by atoms with Crippen LogP contribution >= 0.6 is 23.2 Å². The van der Waals surface area contributed by atoms with Gasteiger partial charge in [0.05, 0.1) is 5.92 Å². The molecule has 7 nitrogen and oxygen atoms in total. The molecule has 0 N–H and O–H groups in total. The fourth-order valence-electron chi connectivity index (χ4n) is 2.67. The highest BCUT2D eigenvalue weighted by atomic mass is 35.5. The molecule has 0 aromatic heterocycles. The quantitative estimate of drug-likeness (QED) is 0.248. The molecule has 0 radical (unpaired) electrons. The van der Waals surface area contributed by atoms with Gasteiger partial charge < -0.3 is 9.47 Å². The Bertz CT molecular complexity index is 549. The van der Waals surface area contributed by atoms with Crippen LogP contribution in [-0.2, 0) is 19.1 Å². The first kappa shape index (κ1) is 17.3. The summed E-state index contributed by atoms with van der Waals surface area (Å²) in [6, 6.07) is -1.30. The van der Waals surface area contributed by atoms with Crippen molar-refractivity contribution in [1.82, 2.24) is 0 Å². The van der Waals surface area contributed by atoms with E-state index in [0.29, 0.717) is 0 Å². The number of halogens is 2. The van der Waals surface area contributed by atoms with Gasteiger partial charge in [0, 0.05) is 24.2 Å². The minimum Gasteiger partial charge on any atom is -0.421 e. The summed E-state index contributed by atoms with van der Waals surface area (Å²) in [7, 11) is 0. The van der Waals surface area contributed by atoms with Gasteiger partial charge >= 0.3 is 11.9 Å². The predicted octanol–water partition coefficient (Wildman–Crippen LogP) is 2.30. The summed E-state index contributed by atoms with van der Waals surface area (Å²) in [4.78, 5) is 35.3. The molecule has 0 amide bonds. The number of alkyl halides is 2. The Morgan fingerprint density at radius 3 is 1.95 bits per heavy atom. The molecule has 0 aromatic carbocycles. The smallest absolute Gasteiger partial charge is 0.330 e. The van der Waals surface area contributed by atoms with Crippen LogP contribution in [0.25, 0.3) is 0 Å². The summed E-state index contributed by atoms with van der Waals surface area (Å²) < 4.78 is 8.69. The Hall–Kier alpha value is -1.08. The Morgan fingerprint density at radius 2 is 1.64 bits per heavy atom. The van der Waals surface area contributed by atoms with E-state index in [1.54, 1.807) is 20.8 Å². The molecule has 1 aliphatic heterocycles. The first-order valence-corrected chi connectivity index (χ1v) is 7.47. The molecule has 22 heavy (non-hydrogen) atoms. The molecule has 2 fully saturated rings. The summed E-state index contributed by atoms with van der Waals surface area (Å²) in [5.74, 6) is -4.67. The molecule has 2 atom stereocenters. The van der Waals surface area contributed by atoms with Crippen LogP contribution < -0.4 is 0 Å². The van der Waals surface area contributed by atoms with Gasteiger partial charge in [-0.15, -0.1) is 0 Å². The maximum absolute atomic E-state index is 12.5. The molecule has 124 valence electrons. The van der Waals surface area contributed by atoms with Crippen molar-refractivity contribution in [2.75, 3.05) is 0 Å². The number of rotatable bonds is 2. The van der Waals surface area contributed by atoms with E-state index in [4.69, 9.17) is 32.7 Å². The van der Waals surface area contributed by atoms with Crippen molar-refractivity contribution < 1.29 is 24.0 Å². The third-order valence-corrected chi connectivity index (χ3v) is 5.76. The zero-order chi connectivity index (χ0) is 17.3. The largest absolute Gasteiger partial charge is 0.421 e. The van der Waals surface area contributed by atoms with Crippen molar-refractivity contribution in [3.63, 3.8) is 0 Å². The first-order chi connectivity index (χ1) is 9.73. The molecule has 0 unspecified atom stereocenters. The molecule has 1 spiro atoms. The van der Waals surface area contributed by atoms with E-state index in [0.717, 1.165) is 0 Å². The average Bonchev–Trinajstić information content (AvgIpc) is 2.82. The molecule has 9 heteroatoms. The Morgan fingerprint density at radius 1 is 1.23 bits per heavy atom. The SMILES string of the molecule is C[C@H]([C@H]1C(Cl)(Cl)C12C(=O)OC(C)(C(C)(C)C)OC2=O)[N+](=O)[O-]. The van der Waals surface area contributed by atoms with Gasteiger partial charge in [-0.25, -0.2) is 0 Å². The molecule has 1 saturated carbocycles. The van der Waals surface area contributed by atoms with E-state index in [1.807, 2.05) is 0 Å². The second-order valence-electron chi connectivity index (χ2n) is 6.91. The summed E-state index contributed by atoms with van der Waals surface area (Å²) in [6.45, 7) is 7.86. The van der Waals surface area contributed by atoms with E-state index >= 15 is 0 Å². The Balaban J connectivity index is 2.42. The Kier molecular flexibility index (Phi) is 3.51. The van der Waals surface area contributed by atoms with Crippen LogP contribution in [0, 0.1) is 26.9 Å². The number of hydrogen-bond acceptors (Lipinski definition) is 6. The molecule has 1 aliphatic carbocycles. The zero-order valence-corrected chi connectivity index (χ0v) is 14.3. The third kappa shape index (κ3) is 1.88. The van der Waals surface area contributed by atoms with Gasteiger partial charge in [0.25, 0.3) is 5.79 Å². The highest BCUT2D eigenvalue weighted by molar-refractivity contribution is 6.56. The first-order valence-electron chi connectivity index (χ1n) is 6.71. The van der Waals surface area contributed by atoms with Crippen molar-refractivity contribution in [2.24, 2.45) is 16.7 Å². The summed E-state index contributed by atoms with van der Waals surface area (Å²) in [5.41, 5.74) is -2.74. The van der Waals surface area contributed by atoms with Crippen LogP contribution in [0.1, 0.15) is 34.6 Å². The van der Waals surface area contributed by atoms with Gasteiger partial charge in [-0.1, -0.05) is 44.0 Å². The van der Waals surface area contributed by atoms with Gasteiger partial charge in [-0.2, -0.15) is 0 Å². The van der Waals surface area contributed by atoms with Gasteiger partial charge in [0.15, 0.2) is 4.33 Å². The number of esters is 2. The topological polar surface area (TPSA) is 95.7 Å². The molecule has 2 rings (SSSR count). The normalized spacial score (nSPS) is 38.2. The van der Waals surface area contributed by atoms with Crippen LogP contribution in [0.4, 0.5) is 0 Å². The molecule has 1 heterocycles. The lowest BCUT2D eigenvalue weighted by Crippen LogP contribution is -2.57. The van der Waals surface area contributed by atoms with Crippen LogP contribution in [-0.4, -0.2) is 33.0 Å². The highest BCUT2D eigenvalue weighted by Crippen LogP contribution is 2.73. The minimum absolute atomic E-state index is 0.642. The summed E-state index contributed by atoms with van der Waals surface area (Å²) in [6.07, 6.45) is 0. The number of ether oxygens (including phenoxy) is 2. The molecule has 2 aliphatic rings. The van der Waals surface area contributed by atoms with Crippen molar-refractivity contribution in [3.8, 4) is 0 Å². The lowest BCUT2D eigenvalue weighted by molar-refractivity contribution is -0.523. The maximum Gasteiger partial charge on any atom is 0.330 e. The van der Waals surface area contributed by atoms with E-state index in [2.05, 4.69) is 0 Å². The fraction of sp³-hybridized carbons (Fsp3) is 0.846. The molecular formula is C13H17Cl2NO6. The number of carbonyl (C=O) groups excluding carboxylic acids is 2. The standard InChI is InChI=1S/C13H17Cl2NO6/c1-6(16(19)20)7-12(13(7,14)15)8(17)21-11(5,10(2,3)4)22-9(12)18/h6-7H,1-5H3/t6-,7-,11?,12?/m1/s1. The lowest BCUT2D eigenvalue weighted by Gasteiger charge is -2.44. The van der Waals surface area contributed by atoms with Crippen LogP contribution in [0.5, 0.6) is 0 Å². The molecule has 0 bridgehead atoms. The fourth-order valence-corrected chi connectivity index (χ4v) is 3.79. The number of hydrogen-bond donors (Lipinski definition) is 0. The van der Waals surface area contributed by atoms with E-state index in [9.17, 15) is 19.7 Å². The summed E-state index contributed by atoms with van der Waals surface area (Å²) in [5, 5.41) is 11.0. The highest BCUT2D eigenvalue weighted by Gasteiger charge is 2.92. The number of cyclic esters (lactones) is 2. The number of nitrogens with zero attached hydrogens (tertiary/aromatic N) is 1. The molecular weight excluding hydrogens is 337 g/mol. The second kappa shape index (κ2) is 4.47. The van der Waals surface area contributed by atoms with Gasteiger partial charge in [0.2, 0.25) is 11.5 Å². The van der Waals surface area contributed by atoms with Gasteiger partial charge in [-0.3, -0.25) is 19.7 Å². The minimum atomic E-state index is -2.05. The van der Waals surface area contributed by atoms with Crippen LogP contribution in [0.15, 0.2) is 0 Å². The zero-order valence-electron chi connectivity index (χ0n) is 12.8. The monoisotopic (exact) mass is 353 g/mol. The Labute approximate surface area is 137 Å². The van der Waals surface area contributed by atoms with Crippen LogP contribution in [0.2, 0.25) is 0 Å². The number of carbonyl (C=O) groups is 2. The molecule has 1 saturated heterocycles. The van der Waals surface area contributed by atoms with Gasteiger partial charge in [0.1, 0.15) is 0 Å². The molecule has 0 aromatic rings. The predicted molar refractivity (Wildman–Crippen MR) is 76.9 cm³/mol. The van der Waals surface area contributed by atoms with Crippen molar-refractivity contribution in [3.05, 3.63) is 10.1 Å². The third-order valence-electron chi connectivity index (χ3n) is 4.70. The van der Waals surface area contributed by atoms with Crippen LogP contribution in [0.3, 0.4) is 0 Å². The van der Waals surface area contributed by atoms with E-state index in [-0.39, 0.29) is 0 Å². The van der Waals surface area contributed by atoms with E-state index in [1.165, 1.54) is 13.8 Å². The van der Waals surface area contributed by atoms with Crippen molar-refractivity contribution in [1.29, 1.82) is 0 Å². The number of nitro groups is 1. The van der Waals surface area contributed by atoms with Crippen molar-refractivity contribution >= 4 is 35.1 Å². The summed E-state index contributed by atoms with van der Waals surface area (Å²) >= 11 is 12.1. The maximum atomic E-state index is 12.5. The van der Waals surface area contributed by atoms with Gasteiger partial charge in [-0.05, 0) is 0 Å². The van der Waals surface area contributed by atoms with Crippen molar-refractivity contribution in [2.45, 2.75) is 50.8 Å². The average molecular weight is 354 g/mol. The lowest BCUT2D eigenvalue weighted by atomic mass is 9.85. The van der Waals surface area contributed by atoms with E-state index < -0.39 is 49.8 Å².